The predicted octanol–water partition coefficient (Wildman–Crippen LogP) is 1.49. The largest absolute Gasteiger partial charge is 0.387 e. The summed E-state index contributed by atoms with van der Waals surface area (Å²) in [7, 11) is 0. The zero-order chi connectivity index (χ0) is 14.1. The normalized spacial score (nSPS) is 17.9. The van der Waals surface area contributed by atoms with Crippen LogP contribution in [0.25, 0.3) is 0 Å². The summed E-state index contributed by atoms with van der Waals surface area (Å²) in [5.41, 5.74) is 0.976. The number of hydrogen-bond acceptors (Lipinski definition) is 4. The molecular weight excluding hydrogens is 252 g/mol. The van der Waals surface area contributed by atoms with Gasteiger partial charge in [-0.05, 0) is 19.4 Å². The summed E-state index contributed by atoms with van der Waals surface area (Å²) in [6.07, 6.45) is -0.421. The molecule has 1 atom stereocenters. The Balaban J connectivity index is 1.55. The summed E-state index contributed by atoms with van der Waals surface area (Å²) in [6.45, 7) is 6.43. The van der Waals surface area contributed by atoms with Crippen LogP contribution in [0.2, 0.25) is 0 Å². The number of nitrogens with zero attached hydrogens (tertiary/aromatic N) is 4. The molecule has 1 aliphatic rings. The van der Waals surface area contributed by atoms with Gasteiger partial charge in [-0.15, -0.1) is 0 Å². The topological polar surface area (TPSA) is 54.2 Å². The molecule has 3 rings (SSSR count). The zero-order valence-electron chi connectivity index (χ0n) is 11.9. The van der Waals surface area contributed by atoms with Gasteiger partial charge in [0.15, 0.2) is 0 Å². The first-order valence-corrected chi connectivity index (χ1v) is 6.98. The lowest BCUT2D eigenvalue weighted by atomic mass is 10.0. The molecule has 0 radical (unpaired) electrons. The van der Waals surface area contributed by atoms with Gasteiger partial charge < -0.3 is 5.11 Å². The number of aliphatic hydroxyl groups excluding tert-OH is 1. The molecule has 0 saturated carbocycles. The molecule has 1 fully saturated rings. The van der Waals surface area contributed by atoms with Gasteiger partial charge in [-0.1, -0.05) is 30.3 Å². The average molecular weight is 272 g/mol. The van der Waals surface area contributed by atoms with Gasteiger partial charge in [-0.25, -0.2) is 9.67 Å². The number of aromatic nitrogens is 3. The van der Waals surface area contributed by atoms with Crippen molar-refractivity contribution in [1.29, 1.82) is 0 Å². The number of β-amino-alcohol motifs (C(OH)–C–C–N with tert-alkyl or cyclic N) is 1. The molecule has 0 aliphatic carbocycles. The molecular formula is C15H20N4O. The number of likely N-dealkylation sites (tertiary alicyclic amines) is 1. The van der Waals surface area contributed by atoms with E-state index in [1.807, 2.05) is 48.9 Å². The quantitative estimate of drug-likeness (QED) is 0.916. The number of hydrogen-bond donors (Lipinski definition) is 1. The number of aryl methyl sites for hydroxylation is 2. The molecule has 20 heavy (non-hydrogen) atoms. The van der Waals surface area contributed by atoms with Crippen LogP contribution < -0.4 is 0 Å². The smallest absolute Gasteiger partial charge is 0.147 e. The first-order chi connectivity index (χ1) is 9.63. The Kier molecular flexibility index (Phi) is 3.54. The van der Waals surface area contributed by atoms with E-state index in [0.717, 1.165) is 30.3 Å². The number of benzene rings is 1. The summed E-state index contributed by atoms with van der Waals surface area (Å²) < 4.78 is 2.00. The summed E-state index contributed by atoms with van der Waals surface area (Å²) in [4.78, 5) is 6.58. The lowest BCUT2D eigenvalue weighted by Gasteiger charge is -2.40. The fraction of sp³-hybridized carbons (Fsp3) is 0.467. The van der Waals surface area contributed by atoms with Crippen molar-refractivity contribution in [3.8, 4) is 0 Å². The van der Waals surface area contributed by atoms with E-state index in [-0.39, 0.29) is 0 Å². The van der Waals surface area contributed by atoms with Gasteiger partial charge in [0.2, 0.25) is 0 Å². The van der Waals surface area contributed by atoms with Crippen LogP contribution in [0.1, 0.15) is 29.4 Å². The molecule has 1 aromatic heterocycles. The van der Waals surface area contributed by atoms with Gasteiger partial charge in [-0.2, -0.15) is 5.10 Å². The maximum absolute atomic E-state index is 10.2. The molecule has 2 aromatic rings. The molecule has 1 aromatic carbocycles. The Morgan fingerprint density at radius 2 is 1.95 bits per heavy atom. The molecule has 1 saturated heterocycles. The Morgan fingerprint density at radius 3 is 2.55 bits per heavy atom. The molecule has 1 N–H and O–H groups in total. The van der Waals surface area contributed by atoms with E-state index < -0.39 is 6.10 Å². The lowest BCUT2D eigenvalue weighted by molar-refractivity contribution is 0.0392. The van der Waals surface area contributed by atoms with Crippen LogP contribution in [0.4, 0.5) is 0 Å². The minimum absolute atomic E-state index is 0.388. The Morgan fingerprint density at radius 1 is 1.25 bits per heavy atom. The fourth-order valence-corrected chi connectivity index (χ4v) is 2.75. The molecule has 1 aliphatic heterocycles. The molecule has 5 heteroatoms. The van der Waals surface area contributed by atoms with Crippen LogP contribution in [-0.2, 0) is 0 Å². The third kappa shape index (κ3) is 2.59. The minimum Gasteiger partial charge on any atom is -0.387 e. The highest BCUT2D eigenvalue weighted by molar-refractivity contribution is 5.17. The molecule has 0 bridgehead atoms. The van der Waals surface area contributed by atoms with Crippen LogP contribution in [-0.4, -0.2) is 44.4 Å². The fourth-order valence-electron chi connectivity index (χ4n) is 2.75. The highest BCUT2D eigenvalue weighted by Crippen LogP contribution is 2.24. The van der Waals surface area contributed by atoms with E-state index >= 15 is 0 Å². The summed E-state index contributed by atoms with van der Waals surface area (Å²) >= 11 is 0. The van der Waals surface area contributed by atoms with Gasteiger partial charge >= 0.3 is 0 Å². The maximum atomic E-state index is 10.2. The van der Waals surface area contributed by atoms with Gasteiger partial charge in [-0.3, -0.25) is 4.90 Å². The van der Waals surface area contributed by atoms with Gasteiger partial charge in [0.1, 0.15) is 11.6 Å². The van der Waals surface area contributed by atoms with Gasteiger partial charge in [0, 0.05) is 19.6 Å². The van der Waals surface area contributed by atoms with Crippen molar-refractivity contribution >= 4 is 0 Å². The second-order valence-electron chi connectivity index (χ2n) is 5.45. The second kappa shape index (κ2) is 5.34. The van der Waals surface area contributed by atoms with Gasteiger partial charge in [0.25, 0.3) is 0 Å². The zero-order valence-corrected chi connectivity index (χ0v) is 11.9. The second-order valence-corrected chi connectivity index (χ2v) is 5.45. The van der Waals surface area contributed by atoms with Crippen molar-refractivity contribution in [2.75, 3.05) is 19.6 Å². The van der Waals surface area contributed by atoms with Crippen LogP contribution in [0.3, 0.4) is 0 Å². The van der Waals surface area contributed by atoms with Crippen LogP contribution in [0.5, 0.6) is 0 Å². The van der Waals surface area contributed by atoms with Crippen molar-refractivity contribution in [1.82, 2.24) is 19.7 Å². The molecule has 2 heterocycles. The lowest BCUT2D eigenvalue weighted by Crippen LogP contribution is -2.49. The van der Waals surface area contributed by atoms with Crippen molar-refractivity contribution in [3.63, 3.8) is 0 Å². The van der Waals surface area contributed by atoms with Crippen molar-refractivity contribution in [2.24, 2.45) is 0 Å². The van der Waals surface area contributed by atoms with E-state index in [1.54, 1.807) is 0 Å². The van der Waals surface area contributed by atoms with E-state index in [0.29, 0.717) is 12.6 Å². The SMILES string of the molecule is Cc1nc(C)n(C2CN(CC(O)c3ccccc3)C2)n1. The summed E-state index contributed by atoms with van der Waals surface area (Å²) in [5.74, 6) is 1.79. The third-order valence-electron chi connectivity index (χ3n) is 3.81. The van der Waals surface area contributed by atoms with Crippen molar-refractivity contribution < 1.29 is 5.11 Å². The van der Waals surface area contributed by atoms with Crippen LogP contribution >= 0.6 is 0 Å². The summed E-state index contributed by atoms with van der Waals surface area (Å²) in [5, 5.41) is 14.6. The standard InChI is InChI=1S/C15H20N4O/c1-11-16-12(2)19(17-11)14-8-18(9-14)10-15(20)13-6-4-3-5-7-13/h3-7,14-15,20H,8-10H2,1-2H3. The minimum atomic E-state index is -0.421. The Hall–Kier alpha value is -1.72. The van der Waals surface area contributed by atoms with E-state index in [1.165, 1.54) is 0 Å². The van der Waals surface area contributed by atoms with E-state index in [4.69, 9.17) is 0 Å². The first-order valence-electron chi connectivity index (χ1n) is 6.98. The monoisotopic (exact) mass is 272 g/mol. The molecule has 1 unspecified atom stereocenters. The Bertz CT molecular complexity index is 575. The predicted molar refractivity (Wildman–Crippen MR) is 76.4 cm³/mol. The first kappa shape index (κ1) is 13.3. The molecule has 0 amide bonds. The van der Waals surface area contributed by atoms with Crippen LogP contribution in [0, 0.1) is 13.8 Å². The number of aliphatic hydroxyl groups is 1. The van der Waals surface area contributed by atoms with E-state index in [9.17, 15) is 5.11 Å². The highest BCUT2D eigenvalue weighted by Gasteiger charge is 2.31. The van der Waals surface area contributed by atoms with Crippen LogP contribution in [0.15, 0.2) is 30.3 Å². The van der Waals surface area contributed by atoms with Crippen molar-refractivity contribution in [2.45, 2.75) is 26.0 Å². The number of rotatable bonds is 4. The van der Waals surface area contributed by atoms with E-state index in [2.05, 4.69) is 15.0 Å². The maximum Gasteiger partial charge on any atom is 0.147 e. The van der Waals surface area contributed by atoms with Crippen molar-refractivity contribution in [3.05, 3.63) is 47.5 Å². The molecule has 106 valence electrons. The Labute approximate surface area is 118 Å². The summed E-state index contributed by atoms with van der Waals surface area (Å²) in [6, 6.07) is 10.2. The molecule has 0 spiro atoms. The third-order valence-corrected chi connectivity index (χ3v) is 3.81. The molecule has 5 nitrogen and oxygen atoms in total. The average Bonchev–Trinajstić information content (AvgIpc) is 2.73. The highest BCUT2D eigenvalue weighted by atomic mass is 16.3. The van der Waals surface area contributed by atoms with Gasteiger partial charge in [0.05, 0.1) is 12.1 Å².